The third kappa shape index (κ3) is 3.01. The second-order valence-electron chi connectivity index (χ2n) is 6.83. The number of para-hydroxylation sites is 2. The molecule has 2 aromatic heterocycles. The number of hydrogen-bond donors (Lipinski definition) is 1. The molecule has 134 valence electrons. The molecule has 4 aromatic rings. The van der Waals surface area contributed by atoms with Crippen LogP contribution in [0.15, 0.2) is 72.9 Å². The monoisotopic (exact) mass is 355 g/mol. The zero-order valence-corrected chi connectivity index (χ0v) is 15.0. The number of anilines is 2. The molecule has 27 heavy (non-hydrogen) atoms. The summed E-state index contributed by atoms with van der Waals surface area (Å²) in [4.78, 5) is 9.41. The number of piperazine rings is 1. The van der Waals surface area contributed by atoms with Gasteiger partial charge in [-0.1, -0.05) is 36.4 Å². The van der Waals surface area contributed by atoms with E-state index in [4.69, 9.17) is 0 Å². The highest BCUT2D eigenvalue weighted by Gasteiger charge is 2.19. The van der Waals surface area contributed by atoms with Gasteiger partial charge in [0.25, 0.3) is 0 Å². The quantitative estimate of drug-likeness (QED) is 0.604. The van der Waals surface area contributed by atoms with Crippen LogP contribution in [-0.2, 0) is 0 Å². The van der Waals surface area contributed by atoms with Crippen molar-refractivity contribution in [3.8, 4) is 11.3 Å². The van der Waals surface area contributed by atoms with Gasteiger partial charge >= 0.3 is 0 Å². The Balaban J connectivity index is 1.37. The number of nitrogens with one attached hydrogen (secondary N) is 1. The molecule has 1 aliphatic heterocycles. The molecule has 5 rings (SSSR count). The van der Waals surface area contributed by atoms with Crippen LogP contribution in [-0.4, -0.2) is 41.4 Å². The Kier molecular flexibility index (Phi) is 3.98. The molecule has 0 amide bonds. The minimum Gasteiger partial charge on any atom is -0.368 e. The van der Waals surface area contributed by atoms with Crippen LogP contribution in [0, 0.1) is 0 Å². The van der Waals surface area contributed by atoms with Crippen molar-refractivity contribution in [1.29, 1.82) is 0 Å². The number of nitrogens with zero attached hydrogens (tertiary/aromatic N) is 4. The van der Waals surface area contributed by atoms with Gasteiger partial charge in [-0.05, 0) is 30.3 Å². The van der Waals surface area contributed by atoms with Gasteiger partial charge in [0.05, 0.1) is 5.52 Å². The van der Waals surface area contributed by atoms with Crippen LogP contribution in [0.1, 0.15) is 0 Å². The maximum Gasteiger partial charge on any atom is 0.129 e. The van der Waals surface area contributed by atoms with E-state index in [1.54, 1.807) is 0 Å². The first-order chi connectivity index (χ1) is 13.4. The highest BCUT2D eigenvalue weighted by Crippen LogP contribution is 2.28. The lowest BCUT2D eigenvalue weighted by molar-refractivity contribution is 0.647. The van der Waals surface area contributed by atoms with Crippen LogP contribution in [0.4, 0.5) is 11.5 Å². The van der Waals surface area contributed by atoms with Crippen LogP contribution in [0.25, 0.3) is 22.2 Å². The number of aromatic nitrogens is 3. The summed E-state index contributed by atoms with van der Waals surface area (Å²) in [5.74, 6) is 1.02. The number of aromatic amines is 1. The van der Waals surface area contributed by atoms with Crippen molar-refractivity contribution in [3.63, 3.8) is 0 Å². The van der Waals surface area contributed by atoms with E-state index in [9.17, 15) is 0 Å². The summed E-state index contributed by atoms with van der Waals surface area (Å²) in [5.41, 5.74) is 4.43. The molecule has 1 saturated heterocycles. The highest BCUT2D eigenvalue weighted by molar-refractivity contribution is 5.93. The SMILES string of the molecule is c1ccc(N2CCN(c3cc(-c4n[nH]c5ccccc45)ccn3)CC2)cc1. The van der Waals surface area contributed by atoms with Gasteiger partial charge in [-0.15, -0.1) is 0 Å². The predicted molar refractivity (Wildman–Crippen MR) is 110 cm³/mol. The first-order valence-electron chi connectivity index (χ1n) is 9.33. The normalized spacial score (nSPS) is 14.7. The third-order valence-corrected chi connectivity index (χ3v) is 5.21. The molecule has 0 bridgehead atoms. The lowest BCUT2D eigenvalue weighted by Crippen LogP contribution is -2.46. The minimum atomic E-state index is 0.965. The summed E-state index contributed by atoms with van der Waals surface area (Å²) in [6.07, 6.45) is 1.89. The molecular formula is C22H21N5. The summed E-state index contributed by atoms with van der Waals surface area (Å²) in [5, 5.41) is 8.79. The Bertz CT molecular complexity index is 1050. The van der Waals surface area contributed by atoms with E-state index in [1.807, 2.05) is 24.4 Å². The van der Waals surface area contributed by atoms with Crippen LogP contribution in [0.2, 0.25) is 0 Å². The second kappa shape index (κ2) is 6.76. The fourth-order valence-electron chi connectivity index (χ4n) is 3.75. The largest absolute Gasteiger partial charge is 0.368 e. The van der Waals surface area contributed by atoms with Crippen molar-refractivity contribution in [1.82, 2.24) is 15.2 Å². The van der Waals surface area contributed by atoms with E-state index in [0.717, 1.165) is 54.2 Å². The van der Waals surface area contributed by atoms with Gasteiger partial charge in [-0.25, -0.2) is 4.98 Å². The van der Waals surface area contributed by atoms with E-state index >= 15 is 0 Å². The van der Waals surface area contributed by atoms with E-state index < -0.39 is 0 Å². The smallest absolute Gasteiger partial charge is 0.129 e. The maximum atomic E-state index is 4.62. The zero-order chi connectivity index (χ0) is 18.1. The van der Waals surface area contributed by atoms with Crippen LogP contribution in [0.5, 0.6) is 0 Å². The number of fused-ring (bicyclic) bond motifs is 1. The van der Waals surface area contributed by atoms with Crippen LogP contribution in [0.3, 0.4) is 0 Å². The Morgan fingerprint density at radius 3 is 2.37 bits per heavy atom. The van der Waals surface area contributed by atoms with Gasteiger partial charge in [0.15, 0.2) is 0 Å². The Labute approximate surface area is 158 Å². The molecule has 0 aliphatic carbocycles. The summed E-state index contributed by atoms with van der Waals surface area (Å²) < 4.78 is 0. The lowest BCUT2D eigenvalue weighted by Gasteiger charge is -2.36. The summed E-state index contributed by atoms with van der Waals surface area (Å²) in [6.45, 7) is 3.93. The van der Waals surface area contributed by atoms with E-state index in [1.165, 1.54) is 5.69 Å². The maximum absolute atomic E-state index is 4.62. The molecule has 0 atom stereocenters. The Hall–Kier alpha value is -3.34. The third-order valence-electron chi connectivity index (χ3n) is 5.21. The first kappa shape index (κ1) is 15.9. The molecule has 1 N–H and O–H groups in total. The average Bonchev–Trinajstić information content (AvgIpc) is 3.19. The second-order valence-corrected chi connectivity index (χ2v) is 6.83. The van der Waals surface area contributed by atoms with E-state index in [0.29, 0.717) is 0 Å². The van der Waals surface area contributed by atoms with E-state index in [-0.39, 0.29) is 0 Å². The molecule has 1 aliphatic rings. The molecule has 1 fully saturated rings. The van der Waals surface area contributed by atoms with Crippen molar-refractivity contribution in [3.05, 3.63) is 72.9 Å². The summed E-state index contributed by atoms with van der Waals surface area (Å²) in [7, 11) is 0. The van der Waals surface area contributed by atoms with Gasteiger partial charge in [0.1, 0.15) is 11.5 Å². The van der Waals surface area contributed by atoms with Crippen LogP contribution < -0.4 is 9.80 Å². The van der Waals surface area contributed by atoms with Crippen molar-refractivity contribution < 1.29 is 0 Å². The fraction of sp³-hybridized carbons (Fsp3) is 0.182. The van der Waals surface area contributed by atoms with Crippen molar-refractivity contribution in [2.75, 3.05) is 36.0 Å². The van der Waals surface area contributed by atoms with E-state index in [2.05, 4.69) is 73.5 Å². The summed E-state index contributed by atoms with van der Waals surface area (Å²) >= 11 is 0. The molecule has 5 heteroatoms. The standard InChI is InChI=1S/C22H21N5/c1-2-6-18(7-3-1)26-12-14-27(15-13-26)21-16-17(10-11-23-21)22-19-8-4-5-9-20(19)24-25-22/h1-11,16H,12-15H2,(H,24,25). The molecule has 0 radical (unpaired) electrons. The van der Waals surface area contributed by atoms with Gasteiger partial charge in [0, 0.05) is 49.0 Å². The van der Waals surface area contributed by atoms with Gasteiger partial charge in [0.2, 0.25) is 0 Å². The topological polar surface area (TPSA) is 48.0 Å². The average molecular weight is 355 g/mol. The van der Waals surface area contributed by atoms with Crippen molar-refractivity contribution in [2.24, 2.45) is 0 Å². The molecule has 0 saturated carbocycles. The molecular weight excluding hydrogens is 334 g/mol. The lowest BCUT2D eigenvalue weighted by atomic mass is 10.1. The molecule has 5 nitrogen and oxygen atoms in total. The number of rotatable bonds is 3. The summed E-state index contributed by atoms with van der Waals surface area (Å²) in [6, 6.07) is 23.0. The van der Waals surface area contributed by atoms with Gasteiger partial charge < -0.3 is 9.80 Å². The molecule has 0 unspecified atom stereocenters. The first-order valence-corrected chi connectivity index (χ1v) is 9.33. The Morgan fingerprint density at radius 2 is 1.52 bits per heavy atom. The van der Waals surface area contributed by atoms with Crippen molar-refractivity contribution in [2.45, 2.75) is 0 Å². The fourth-order valence-corrected chi connectivity index (χ4v) is 3.75. The Morgan fingerprint density at radius 1 is 0.778 bits per heavy atom. The molecule has 0 spiro atoms. The zero-order valence-electron chi connectivity index (χ0n) is 15.0. The molecule has 2 aromatic carbocycles. The highest BCUT2D eigenvalue weighted by atomic mass is 15.3. The van der Waals surface area contributed by atoms with Crippen molar-refractivity contribution >= 4 is 22.4 Å². The van der Waals surface area contributed by atoms with Gasteiger partial charge in [-0.2, -0.15) is 5.10 Å². The number of pyridine rings is 1. The number of benzene rings is 2. The minimum absolute atomic E-state index is 0.965. The van der Waals surface area contributed by atoms with Gasteiger partial charge in [-0.3, -0.25) is 5.10 Å². The number of H-pyrrole nitrogens is 1. The molecule has 3 heterocycles. The van der Waals surface area contributed by atoms with Crippen LogP contribution >= 0.6 is 0 Å². The number of hydrogen-bond acceptors (Lipinski definition) is 4. The predicted octanol–water partition coefficient (Wildman–Crippen LogP) is 3.95.